The summed E-state index contributed by atoms with van der Waals surface area (Å²) in [6, 6.07) is 18.2. The summed E-state index contributed by atoms with van der Waals surface area (Å²) in [7, 11) is 1.70. The SMILES string of the molecule is CN1C(=O)c2ccccc2[C@H](C(=O)Nc2ccc(F)cc2Cl)[C@@H]1c1c[nH]c2ccccc12. The van der Waals surface area contributed by atoms with E-state index in [9.17, 15) is 14.0 Å². The molecular weight excluding hydrogens is 429 g/mol. The molecule has 0 unspecified atom stereocenters. The zero-order chi connectivity index (χ0) is 22.4. The molecule has 0 bridgehead atoms. The Morgan fingerprint density at radius 1 is 1.06 bits per heavy atom. The molecule has 0 fully saturated rings. The molecule has 1 aliphatic heterocycles. The number of nitrogens with one attached hydrogen (secondary N) is 2. The number of hydrogen-bond donors (Lipinski definition) is 2. The molecule has 4 aromatic rings. The number of aromatic nitrogens is 1. The normalized spacial score (nSPS) is 18.0. The molecule has 1 aromatic heterocycles. The number of hydrogen-bond acceptors (Lipinski definition) is 2. The van der Waals surface area contributed by atoms with E-state index in [1.54, 1.807) is 30.1 Å². The highest BCUT2D eigenvalue weighted by Gasteiger charge is 2.43. The van der Waals surface area contributed by atoms with Crippen molar-refractivity contribution >= 4 is 40.0 Å². The summed E-state index contributed by atoms with van der Waals surface area (Å²) in [5.74, 6) is -1.67. The van der Waals surface area contributed by atoms with Crippen LogP contribution in [0.3, 0.4) is 0 Å². The minimum atomic E-state index is -0.700. The molecule has 5 nitrogen and oxygen atoms in total. The number of nitrogens with zero attached hydrogens (tertiary/aromatic N) is 1. The molecule has 0 saturated heterocycles. The monoisotopic (exact) mass is 447 g/mol. The zero-order valence-electron chi connectivity index (χ0n) is 17.1. The average Bonchev–Trinajstić information content (AvgIpc) is 3.21. The standard InChI is InChI=1S/C25H19ClFN3O2/c1-30-23(18-13-28-20-9-5-4-6-15(18)20)22(16-7-2-3-8-17(16)25(30)32)24(31)29-21-11-10-14(27)12-19(21)26/h2-13,22-23,28H,1H3,(H,29,31)/t22-,23-/m0/s1. The first-order valence-electron chi connectivity index (χ1n) is 10.1. The molecule has 2 atom stereocenters. The van der Waals surface area contributed by atoms with Gasteiger partial charge in [-0.1, -0.05) is 48.0 Å². The van der Waals surface area contributed by atoms with Crippen molar-refractivity contribution in [2.45, 2.75) is 12.0 Å². The summed E-state index contributed by atoms with van der Waals surface area (Å²) in [4.78, 5) is 31.7. The number of halogens is 2. The van der Waals surface area contributed by atoms with E-state index in [0.29, 0.717) is 16.8 Å². The molecular formula is C25H19ClFN3O2. The second-order valence-electron chi connectivity index (χ2n) is 7.83. The summed E-state index contributed by atoms with van der Waals surface area (Å²) in [5.41, 5.74) is 3.20. The molecule has 7 heteroatoms. The molecule has 3 aromatic carbocycles. The van der Waals surface area contributed by atoms with Crippen molar-refractivity contribution in [3.8, 4) is 0 Å². The van der Waals surface area contributed by atoms with Crippen LogP contribution in [0.15, 0.2) is 72.9 Å². The van der Waals surface area contributed by atoms with Crippen molar-refractivity contribution in [2.24, 2.45) is 0 Å². The van der Waals surface area contributed by atoms with Crippen LogP contribution in [-0.4, -0.2) is 28.7 Å². The van der Waals surface area contributed by atoms with E-state index < -0.39 is 17.8 Å². The molecule has 0 aliphatic carbocycles. The third-order valence-corrected chi connectivity index (χ3v) is 6.30. The molecule has 0 spiro atoms. The van der Waals surface area contributed by atoms with Crippen molar-refractivity contribution < 1.29 is 14.0 Å². The fourth-order valence-electron chi connectivity index (χ4n) is 4.49. The van der Waals surface area contributed by atoms with Crippen molar-refractivity contribution in [1.82, 2.24) is 9.88 Å². The van der Waals surface area contributed by atoms with Gasteiger partial charge in [0.2, 0.25) is 5.91 Å². The highest BCUT2D eigenvalue weighted by molar-refractivity contribution is 6.33. The average molecular weight is 448 g/mol. The minimum absolute atomic E-state index is 0.107. The Balaban J connectivity index is 1.65. The van der Waals surface area contributed by atoms with Gasteiger partial charge >= 0.3 is 0 Å². The van der Waals surface area contributed by atoms with Gasteiger partial charge in [-0.05, 0) is 35.9 Å². The van der Waals surface area contributed by atoms with Gasteiger partial charge in [-0.2, -0.15) is 0 Å². The number of likely N-dealkylation sites (N-methyl/N-ethyl adjacent to an activating group) is 1. The quantitative estimate of drug-likeness (QED) is 0.435. The van der Waals surface area contributed by atoms with Crippen LogP contribution in [0.25, 0.3) is 10.9 Å². The number of carbonyl (C=O) groups excluding carboxylic acids is 2. The third kappa shape index (κ3) is 3.24. The molecule has 160 valence electrons. The number of benzene rings is 3. The minimum Gasteiger partial charge on any atom is -0.361 e. The molecule has 2 heterocycles. The number of amides is 2. The van der Waals surface area contributed by atoms with Gasteiger partial charge in [-0.3, -0.25) is 9.59 Å². The maximum atomic E-state index is 13.6. The highest BCUT2D eigenvalue weighted by Crippen LogP contribution is 2.44. The Bertz CT molecular complexity index is 1370. The number of anilines is 1. The van der Waals surface area contributed by atoms with Crippen LogP contribution < -0.4 is 5.32 Å². The van der Waals surface area contributed by atoms with Gasteiger partial charge in [0.1, 0.15) is 5.82 Å². The van der Waals surface area contributed by atoms with Crippen LogP contribution >= 0.6 is 11.6 Å². The summed E-state index contributed by atoms with van der Waals surface area (Å²) in [6.07, 6.45) is 1.85. The van der Waals surface area contributed by atoms with Crippen molar-refractivity contribution in [1.29, 1.82) is 0 Å². The summed E-state index contributed by atoms with van der Waals surface area (Å²) in [6.45, 7) is 0. The second kappa shape index (κ2) is 7.80. The van der Waals surface area contributed by atoms with E-state index in [4.69, 9.17) is 11.6 Å². The van der Waals surface area contributed by atoms with E-state index in [1.165, 1.54) is 12.1 Å². The Labute approximate surface area is 188 Å². The second-order valence-corrected chi connectivity index (χ2v) is 8.24. The van der Waals surface area contributed by atoms with E-state index in [0.717, 1.165) is 22.5 Å². The maximum Gasteiger partial charge on any atom is 0.254 e. The van der Waals surface area contributed by atoms with Gasteiger partial charge in [0.15, 0.2) is 0 Å². The van der Waals surface area contributed by atoms with Crippen LogP contribution in [0.4, 0.5) is 10.1 Å². The third-order valence-electron chi connectivity index (χ3n) is 5.99. The first-order valence-corrected chi connectivity index (χ1v) is 10.5. The summed E-state index contributed by atoms with van der Waals surface area (Å²) < 4.78 is 13.5. The van der Waals surface area contributed by atoms with Gasteiger partial charge in [0, 0.05) is 35.3 Å². The van der Waals surface area contributed by atoms with Crippen molar-refractivity contribution in [2.75, 3.05) is 12.4 Å². The highest BCUT2D eigenvalue weighted by atomic mass is 35.5. The smallest absolute Gasteiger partial charge is 0.254 e. The number of aromatic amines is 1. The number of H-pyrrole nitrogens is 1. The maximum absolute atomic E-state index is 13.6. The Kier molecular flexibility index (Phi) is 4.94. The van der Waals surface area contributed by atoms with Crippen LogP contribution in [0.1, 0.15) is 33.4 Å². The number of fused-ring (bicyclic) bond motifs is 2. The van der Waals surface area contributed by atoms with Gasteiger partial charge in [-0.25, -0.2) is 4.39 Å². The fourth-order valence-corrected chi connectivity index (χ4v) is 4.70. The lowest BCUT2D eigenvalue weighted by atomic mass is 9.79. The Morgan fingerprint density at radius 3 is 2.62 bits per heavy atom. The van der Waals surface area contributed by atoms with Gasteiger partial charge in [0.05, 0.1) is 22.7 Å². The Morgan fingerprint density at radius 2 is 1.81 bits per heavy atom. The first-order chi connectivity index (χ1) is 15.5. The van der Waals surface area contributed by atoms with Gasteiger partial charge < -0.3 is 15.2 Å². The van der Waals surface area contributed by atoms with Gasteiger partial charge in [0.25, 0.3) is 5.91 Å². The molecule has 2 amide bonds. The first kappa shape index (κ1) is 20.3. The van der Waals surface area contributed by atoms with Gasteiger partial charge in [-0.15, -0.1) is 0 Å². The largest absolute Gasteiger partial charge is 0.361 e. The van der Waals surface area contributed by atoms with E-state index >= 15 is 0 Å². The van der Waals surface area contributed by atoms with Crippen molar-refractivity contribution in [3.63, 3.8) is 0 Å². The zero-order valence-corrected chi connectivity index (χ0v) is 17.9. The summed E-state index contributed by atoms with van der Waals surface area (Å²) >= 11 is 6.15. The molecule has 5 rings (SSSR count). The predicted molar refractivity (Wildman–Crippen MR) is 122 cm³/mol. The van der Waals surface area contributed by atoms with Crippen LogP contribution in [0.5, 0.6) is 0 Å². The van der Waals surface area contributed by atoms with E-state index in [-0.39, 0.29) is 16.8 Å². The van der Waals surface area contributed by atoms with E-state index in [1.807, 2.05) is 36.5 Å². The topological polar surface area (TPSA) is 65.2 Å². The van der Waals surface area contributed by atoms with Crippen LogP contribution in [-0.2, 0) is 4.79 Å². The van der Waals surface area contributed by atoms with E-state index in [2.05, 4.69) is 10.3 Å². The van der Waals surface area contributed by atoms with Crippen molar-refractivity contribution in [3.05, 3.63) is 100 Å². The fraction of sp³-hybridized carbons (Fsp3) is 0.120. The Hall–Kier alpha value is -3.64. The predicted octanol–water partition coefficient (Wildman–Crippen LogP) is 5.51. The molecule has 0 radical (unpaired) electrons. The lowest BCUT2D eigenvalue weighted by Crippen LogP contribution is -2.44. The molecule has 2 N–H and O–H groups in total. The molecule has 32 heavy (non-hydrogen) atoms. The van der Waals surface area contributed by atoms with Crippen LogP contribution in [0, 0.1) is 5.82 Å². The molecule has 0 saturated carbocycles. The lowest BCUT2D eigenvalue weighted by molar-refractivity contribution is -0.119. The summed E-state index contributed by atoms with van der Waals surface area (Å²) in [5, 5.41) is 3.88. The lowest BCUT2D eigenvalue weighted by Gasteiger charge is -2.39. The van der Waals surface area contributed by atoms with Crippen LogP contribution in [0.2, 0.25) is 5.02 Å². The number of carbonyl (C=O) groups is 2. The number of para-hydroxylation sites is 1. The molecule has 1 aliphatic rings. The number of rotatable bonds is 3.